The smallest absolute Gasteiger partial charge is 0.316 e. The SMILES string of the molecule is CC(C)C(=O)Nc1cc2c(cc1N(C)C)n(C)c(=O)c(=O)n2C. The number of amides is 1. The number of fused-ring (bicyclic) bond motifs is 1. The zero-order valence-corrected chi connectivity index (χ0v) is 14.3. The van der Waals surface area contributed by atoms with Crippen LogP contribution in [0.15, 0.2) is 21.7 Å². The van der Waals surface area contributed by atoms with Crippen LogP contribution in [0, 0.1) is 5.92 Å². The van der Waals surface area contributed by atoms with E-state index in [1.807, 2.05) is 32.8 Å². The molecule has 0 aliphatic carbocycles. The molecule has 1 N–H and O–H groups in total. The molecule has 7 nitrogen and oxygen atoms in total. The van der Waals surface area contributed by atoms with Crippen molar-refractivity contribution in [3.8, 4) is 0 Å². The number of hydrogen-bond acceptors (Lipinski definition) is 4. The predicted octanol–water partition coefficient (Wildman–Crippen LogP) is 0.898. The summed E-state index contributed by atoms with van der Waals surface area (Å²) in [5, 5.41) is 2.88. The zero-order valence-electron chi connectivity index (χ0n) is 14.3. The van der Waals surface area contributed by atoms with Gasteiger partial charge in [0.2, 0.25) is 5.91 Å². The Bertz CT molecular complexity index is 891. The first-order valence-corrected chi connectivity index (χ1v) is 7.37. The van der Waals surface area contributed by atoms with Gasteiger partial charge in [0.25, 0.3) is 0 Å². The van der Waals surface area contributed by atoms with Gasteiger partial charge in [-0.1, -0.05) is 13.8 Å². The molecule has 0 radical (unpaired) electrons. The second-order valence-corrected chi connectivity index (χ2v) is 6.12. The standard InChI is InChI=1S/C16H22N4O3/c1-9(2)14(21)17-10-7-12-13(8-11(10)18(3)4)20(6)16(23)15(22)19(12)5/h7-9H,1-6H3,(H,17,21). The molecule has 0 aliphatic heterocycles. The van der Waals surface area contributed by atoms with Crippen LogP contribution in [0.5, 0.6) is 0 Å². The van der Waals surface area contributed by atoms with Crippen molar-refractivity contribution in [2.75, 3.05) is 24.3 Å². The van der Waals surface area contributed by atoms with Crippen LogP contribution in [0.3, 0.4) is 0 Å². The Labute approximate surface area is 134 Å². The third-order valence-corrected chi connectivity index (χ3v) is 3.87. The molecule has 0 fully saturated rings. The van der Waals surface area contributed by atoms with E-state index in [9.17, 15) is 14.4 Å². The molecular formula is C16H22N4O3. The maximum Gasteiger partial charge on any atom is 0.316 e. The number of aromatic nitrogens is 2. The minimum atomic E-state index is -0.598. The summed E-state index contributed by atoms with van der Waals surface area (Å²) in [6.45, 7) is 3.62. The van der Waals surface area contributed by atoms with Crippen molar-refractivity contribution in [2.45, 2.75) is 13.8 Å². The zero-order chi connectivity index (χ0) is 17.5. The lowest BCUT2D eigenvalue weighted by molar-refractivity contribution is -0.118. The lowest BCUT2D eigenvalue weighted by Crippen LogP contribution is -2.39. The summed E-state index contributed by atoms with van der Waals surface area (Å²) in [7, 11) is 6.83. The summed E-state index contributed by atoms with van der Waals surface area (Å²) < 4.78 is 2.64. The number of nitrogens with zero attached hydrogens (tertiary/aromatic N) is 3. The maximum absolute atomic E-state index is 12.0. The molecule has 1 heterocycles. The van der Waals surface area contributed by atoms with E-state index >= 15 is 0 Å². The van der Waals surface area contributed by atoms with Crippen LogP contribution in [0.2, 0.25) is 0 Å². The second-order valence-electron chi connectivity index (χ2n) is 6.12. The van der Waals surface area contributed by atoms with E-state index in [0.717, 1.165) is 5.69 Å². The largest absolute Gasteiger partial charge is 0.376 e. The average Bonchev–Trinajstić information content (AvgIpc) is 2.49. The molecule has 23 heavy (non-hydrogen) atoms. The molecular weight excluding hydrogens is 296 g/mol. The van der Waals surface area contributed by atoms with Crippen molar-refractivity contribution in [1.29, 1.82) is 0 Å². The van der Waals surface area contributed by atoms with Crippen LogP contribution < -0.4 is 21.3 Å². The minimum Gasteiger partial charge on any atom is -0.376 e. The summed E-state index contributed by atoms with van der Waals surface area (Å²) in [6.07, 6.45) is 0. The Morgan fingerprint density at radius 2 is 1.52 bits per heavy atom. The van der Waals surface area contributed by atoms with Gasteiger partial charge in [0.15, 0.2) is 0 Å². The van der Waals surface area contributed by atoms with Gasteiger partial charge in [-0.3, -0.25) is 14.4 Å². The van der Waals surface area contributed by atoms with Crippen LogP contribution in [0.25, 0.3) is 11.0 Å². The third kappa shape index (κ3) is 2.86. The van der Waals surface area contributed by atoms with E-state index < -0.39 is 11.1 Å². The number of anilines is 2. The van der Waals surface area contributed by atoms with Gasteiger partial charge in [-0.05, 0) is 12.1 Å². The van der Waals surface area contributed by atoms with Crippen LogP contribution in [-0.4, -0.2) is 29.1 Å². The minimum absolute atomic E-state index is 0.109. The molecule has 1 aromatic carbocycles. The average molecular weight is 318 g/mol. The first-order valence-electron chi connectivity index (χ1n) is 7.37. The van der Waals surface area contributed by atoms with Gasteiger partial charge >= 0.3 is 11.1 Å². The fourth-order valence-electron chi connectivity index (χ4n) is 2.36. The number of carbonyl (C=O) groups excluding carboxylic acids is 1. The molecule has 7 heteroatoms. The molecule has 2 aromatic rings. The van der Waals surface area contributed by atoms with E-state index in [1.165, 1.54) is 9.13 Å². The number of aryl methyl sites for hydroxylation is 2. The highest BCUT2D eigenvalue weighted by Crippen LogP contribution is 2.29. The summed E-state index contributed by atoms with van der Waals surface area (Å²) in [5.41, 5.74) is 1.41. The monoisotopic (exact) mass is 318 g/mol. The van der Waals surface area contributed by atoms with Crippen LogP contribution in [0.1, 0.15) is 13.8 Å². The molecule has 0 atom stereocenters. The molecule has 0 bridgehead atoms. The van der Waals surface area contributed by atoms with Crippen LogP contribution >= 0.6 is 0 Å². The highest BCUT2D eigenvalue weighted by atomic mass is 16.2. The fraction of sp³-hybridized carbons (Fsp3) is 0.438. The third-order valence-electron chi connectivity index (χ3n) is 3.87. The molecule has 0 saturated heterocycles. The number of rotatable bonds is 3. The number of nitrogens with one attached hydrogen (secondary N) is 1. The first-order chi connectivity index (χ1) is 10.6. The van der Waals surface area contributed by atoms with Gasteiger partial charge in [0.05, 0.1) is 22.4 Å². The van der Waals surface area contributed by atoms with Gasteiger partial charge < -0.3 is 19.4 Å². The van der Waals surface area contributed by atoms with Crippen molar-refractivity contribution >= 4 is 28.3 Å². The number of benzene rings is 1. The fourth-order valence-corrected chi connectivity index (χ4v) is 2.36. The van der Waals surface area contributed by atoms with E-state index in [4.69, 9.17) is 0 Å². The summed E-state index contributed by atoms with van der Waals surface area (Å²) >= 11 is 0. The molecule has 0 aliphatic rings. The molecule has 0 unspecified atom stereocenters. The lowest BCUT2D eigenvalue weighted by Gasteiger charge is -2.21. The Kier molecular flexibility index (Phi) is 4.31. The van der Waals surface area contributed by atoms with Crippen molar-refractivity contribution < 1.29 is 4.79 Å². The van der Waals surface area contributed by atoms with Crippen LogP contribution in [0.4, 0.5) is 11.4 Å². The summed E-state index contributed by atoms with van der Waals surface area (Å²) in [4.78, 5) is 37.9. The van der Waals surface area contributed by atoms with Crippen molar-refractivity contribution in [3.63, 3.8) is 0 Å². The maximum atomic E-state index is 12.0. The van der Waals surface area contributed by atoms with Crippen molar-refractivity contribution in [2.24, 2.45) is 20.0 Å². The van der Waals surface area contributed by atoms with Crippen molar-refractivity contribution in [3.05, 3.63) is 32.8 Å². The topological polar surface area (TPSA) is 76.3 Å². The van der Waals surface area contributed by atoms with Gasteiger partial charge in [-0.25, -0.2) is 0 Å². The quantitative estimate of drug-likeness (QED) is 0.853. The Hall–Kier alpha value is -2.57. The lowest BCUT2D eigenvalue weighted by atomic mass is 10.1. The van der Waals surface area contributed by atoms with Gasteiger partial charge in [0, 0.05) is 34.1 Å². The first kappa shape index (κ1) is 16.8. The number of carbonyl (C=O) groups is 1. The summed E-state index contributed by atoms with van der Waals surface area (Å²) in [5.74, 6) is -0.271. The Balaban J connectivity index is 2.82. The van der Waals surface area contributed by atoms with Gasteiger partial charge in [0.1, 0.15) is 0 Å². The van der Waals surface area contributed by atoms with Crippen molar-refractivity contribution in [1.82, 2.24) is 9.13 Å². The molecule has 0 saturated carbocycles. The normalized spacial score (nSPS) is 11.1. The van der Waals surface area contributed by atoms with E-state index in [0.29, 0.717) is 16.7 Å². The van der Waals surface area contributed by atoms with Gasteiger partial charge in [-0.15, -0.1) is 0 Å². The highest BCUT2D eigenvalue weighted by molar-refractivity contribution is 5.99. The molecule has 1 aromatic heterocycles. The van der Waals surface area contributed by atoms with Crippen LogP contribution in [-0.2, 0) is 18.9 Å². The highest BCUT2D eigenvalue weighted by Gasteiger charge is 2.16. The molecule has 1 amide bonds. The van der Waals surface area contributed by atoms with E-state index in [2.05, 4.69) is 5.32 Å². The second kappa shape index (κ2) is 5.91. The summed E-state index contributed by atoms with van der Waals surface area (Å²) in [6, 6.07) is 3.53. The molecule has 2 rings (SSSR count). The predicted molar refractivity (Wildman–Crippen MR) is 92.2 cm³/mol. The van der Waals surface area contributed by atoms with E-state index in [1.54, 1.807) is 26.2 Å². The molecule has 124 valence electrons. The Morgan fingerprint density at radius 1 is 1.04 bits per heavy atom. The van der Waals surface area contributed by atoms with Gasteiger partial charge in [-0.2, -0.15) is 0 Å². The van der Waals surface area contributed by atoms with E-state index in [-0.39, 0.29) is 11.8 Å². The molecule has 0 spiro atoms. The Morgan fingerprint density at radius 3 is 1.96 bits per heavy atom. The number of hydrogen-bond donors (Lipinski definition) is 1.